The van der Waals surface area contributed by atoms with Crippen molar-refractivity contribution >= 4 is 11.3 Å². The van der Waals surface area contributed by atoms with Crippen molar-refractivity contribution in [2.75, 3.05) is 14.2 Å². The normalized spacial score (nSPS) is 12.2. The van der Waals surface area contributed by atoms with Gasteiger partial charge in [-0.3, -0.25) is 0 Å². The van der Waals surface area contributed by atoms with E-state index in [1.54, 1.807) is 25.6 Å². The molecule has 0 aliphatic rings. The van der Waals surface area contributed by atoms with Crippen molar-refractivity contribution in [3.05, 3.63) is 28.9 Å². The van der Waals surface area contributed by atoms with Crippen LogP contribution in [-0.2, 0) is 6.42 Å². The molecule has 5 heteroatoms. The summed E-state index contributed by atoms with van der Waals surface area (Å²) < 4.78 is 10.6. The number of hydrogen-bond acceptors (Lipinski definition) is 5. The second-order valence-corrected chi connectivity index (χ2v) is 5.86. The quantitative estimate of drug-likeness (QED) is 0.920. The van der Waals surface area contributed by atoms with Crippen LogP contribution in [0.5, 0.6) is 11.5 Å². The number of aryl methyl sites for hydroxylation is 1. The zero-order valence-electron chi connectivity index (χ0n) is 12.3. The Hall–Kier alpha value is -1.59. The third-order valence-corrected chi connectivity index (χ3v) is 4.21. The number of benzene rings is 1. The first-order valence-corrected chi connectivity index (χ1v) is 7.31. The van der Waals surface area contributed by atoms with Crippen LogP contribution in [0.25, 0.3) is 10.4 Å². The molecule has 0 amide bonds. The molecular weight excluding hydrogens is 272 g/mol. The number of aromatic nitrogens is 1. The highest BCUT2D eigenvalue weighted by atomic mass is 32.1. The molecule has 2 aromatic rings. The summed E-state index contributed by atoms with van der Waals surface area (Å²) in [6.45, 7) is 4.01. The number of methoxy groups -OCH3 is 2. The molecule has 1 heterocycles. The van der Waals surface area contributed by atoms with Gasteiger partial charge in [-0.25, -0.2) is 4.98 Å². The standard InChI is InChI=1S/C15H20N2O2S/c1-9(16)7-14-17-10(2)15(20-14)11-5-6-12(18-3)13(8-11)19-4/h5-6,8-9H,7,16H2,1-4H3. The Morgan fingerprint density at radius 2 is 1.95 bits per heavy atom. The third kappa shape index (κ3) is 3.11. The lowest BCUT2D eigenvalue weighted by Gasteiger charge is -2.08. The molecular formula is C15H20N2O2S. The molecule has 1 unspecified atom stereocenters. The van der Waals surface area contributed by atoms with E-state index in [1.807, 2.05) is 32.0 Å². The zero-order valence-corrected chi connectivity index (χ0v) is 13.1. The molecule has 1 aromatic carbocycles. The monoisotopic (exact) mass is 292 g/mol. The molecule has 108 valence electrons. The molecule has 0 aliphatic carbocycles. The van der Waals surface area contributed by atoms with Gasteiger partial charge in [0, 0.05) is 12.5 Å². The van der Waals surface area contributed by atoms with E-state index < -0.39 is 0 Å². The van der Waals surface area contributed by atoms with E-state index in [9.17, 15) is 0 Å². The van der Waals surface area contributed by atoms with Gasteiger partial charge in [-0.2, -0.15) is 0 Å². The van der Waals surface area contributed by atoms with Gasteiger partial charge in [0.2, 0.25) is 0 Å². The fraction of sp³-hybridized carbons (Fsp3) is 0.400. The Morgan fingerprint density at radius 1 is 1.25 bits per heavy atom. The zero-order chi connectivity index (χ0) is 14.7. The van der Waals surface area contributed by atoms with Gasteiger partial charge in [-0.1, -0.05) is 0 Å². The van der Waals surface area contributed by atoms with E-state index in [0.29, 0.717) is 0 Å². The minimum absolute atomic E-state index is 0.124. The SMILES string of the molecule is COc1ccc(-c2sc(CC(C)N)nc2C)cc1OC. The maximum atomic E-state index is 5.84. The first-order chi connectivity index (χ1) is 9.55. The van der Waals surface area contributed by atoms with E-state index in [2.05, 4.69) is 4.98 Å². The van der Waals surface area contributed by atoms with Gasteiger partial charge in [0.1, 0.15) is 0 Å². The fourth-order valence-electron chi connectivity index (χ4n) is 2.06. The molecule has 0 radical (unpaired) electrons. The summed E-state index contributed by atoms with van der Waals surface area (Å²) in [6.07, 6.45) is 0.804. The number of hydrogen-bond donors (Lipinski definition) is 1. The summed E-state index contributed by atoms with van der Waals surface area (Å²) in [4.78, 5) is 5.75. The largest absolute Gasteiger partial charge is 0.493 e. The van der Waals surface area contributed by atoms with Crippen LogP contribution in [0, 0.1) is 6.92 Å². The van der Waals surface area contributed by atoms with Gasteiger partial charge in [-0.05, 0) is 37.6 Å². The van der Waals surface area contributed by atoms with Gasteiger partial charge in [-0.15, -0.1) is 11.3 Å². The van der Waals surface area contributed by atoms with Crippen LogP contribution in [0.15, 0.2) is 18.2 Å². The molecule has 4 nitrogen and oxygen atoms in total. The minimum Gasteiger partial charge on any atom is -0.493 e. The van der Waals surface area contributed by atoms with Crippen LogP contribution >= 0.6 is 11.3 Å². The smallest absolute Gasteiger partial charge is 0.161 e. The lowest BCUT2D eigenvalue weighted by molar-refractivity contribution is 0.355. The fourth-order valence-corrected chi connectivity index (χ4v) is 3.26. The number of nitrogens with two attached hydrogens (primary N) is 1. The predicted octanol–water partition coefficient (Wildman–Crippen LogP) is 3.03. The highest BCUT2D eigenvalue weighted by molar-refractivity contribution is 7.15. The Bertz CT molecular complexity index is 594. The maximum absolute atomic E-state index is 5.84. The molecule has 0 spiro atoms. The van der Waals surface area contributed by atoms with Gasteiger partial charge in [0.05, 0.1) is 29.8 Å². The average molecular weight is 292 g/mol. The molecule has 0 fully saturated rings. The predicted molar refractivity (Wildman–Crippen MR) is 82.7 cm³/mol. The third-order valence-electron chi connectivity index (χ3n) is 2.98. The molecule has 20 heavy (non-hydrogen) atoms. The minimum atomic E-state index is 0.124. The molecule has 0 saturated heterocycles. The van der Waals surface area contributed by atoms with E-state index in [1.165, 1.54) is 0 Å². The topological polar surface area (TPSA) is 57.4 Å². The summed E-state index contributed by atoms with van der Waals surface area (Å²) in [7, 11) is 3.28. The van der Waals surface area contributed by atoms with E-state index in [4.69, 9.17) is 15.2 Å². The Morgan fingerprint density at radius 3 is 2.55 bits per heavy atom. The highest BCUT2D eigenvalue weighted by Gasteiger charge is 2.13. The van der Waals surface area contributed by atoms with E-state index in [0.717, 1.165) is 39.1 Å². The molecule has 0 bridgehead atoms. The van der Waals surface area contributed by atoms with Crippen molar-refractivity contribution < 1.29 is 9.47 Å². The Labute approximate surface area is 123 Å². The molecule has 2 rings (SSSR count). The van der Waals surface area contributed by atoms with Crippen LogP contribution < -0.4 is 15.2 Å². The summed E-state index contributed by atoms with van der Waals surface area (Å²) >= 11 is 1.69. The lowest BCUT2D eigenvalue weighted by Crippen LogP contribution is -2.17. The summed E-state index contributed by atoms with van der Waals surface area (Å²) in [5, 5.41) is 1.07. The molecule has 0 saturated carbocycles. The molecule has 1 aromatic heterocycles. The number of ether oxygens (including phenoxy) is 2. The van der Waals surface area contributed by atoms with Gasteiger partial charge < -0.3 is 15.2 Å². The molecule has 1 atom stereocenters. The van der Waals surface area contributed by atoms with Crippen LogP contribution in [0.2, 0.25) is 0 Å². The van der Waals surface area contributed by atoms with Gasteiger partial charge in [0.25, 0.3) is 0 Å². The van der Waals surface area contributed by atoms with Crippen LogP contribution in [-0.4, -0.2) is 25.2 Å². The second kappa shape index (κ2) is 6.24. The number of thiazole rings is 1. The van der Waals surface area contributed by atoms with Crippen molar-refractivity contribution in [1.29, 1.82) is 0 Å². The van der Waals surface area contributed by atoms with Gasteiger partial charge in [0.15, 0.2) is 11.5 Å². The summed E-state index contributed by atoms with van der Waals surface area (Å²) in [6, 6.07) is 6.05. The number of nitrogens with zero attached hydrogens (tertiary/aromatic N) is 1. The van der Waals surface area contributed by atoms with Crippen molar-refractivity contribution in [2.24, 2.45) is 5.73 Å². The summed E-state index contributed by atoms with van der Waals surface area (Å²) in [5.41, 5.74) is 7.95. The maximum Gasteiger partial charge on any atom is 0.161 e. The van der Waals surface area contributed by atoms with Crippen LogP contribution in [0.1, 0.15) is 17.6 Å². The Kier molecular flexibility index (Phi) is 4.62. The van der Waals surface area contributed by atoms with Crippen molar-refractivity contribution in [3.63, 3.8) is 0 Å². The highest BCUT2D eigenvalue weighted by Crippen LogP contribution is 2.36. The first kappa shape index (κ1) is 14.8. The Balaban J connectivity index is 2.38. The second-order valence-electron chi connectivity index (χ2n) is 4.77. The summed E-state index contributed by atoms with van der Waals surface area (Å²) in [5.74, 6) is 1.46. The van der Waals surface area contributed by atoms with Crippen molar-refractivity contribution in [2.45, 2.75) is 26.3 Å². The first-order valence-electron chi connectivity index (χ1n) is 6.49. The van der Waals surface area contributed by atoms with Crippen molar-refractivity contribution in [1.82, 2.24) is 4.98 Å². The van der Waals surface area contributed by atoms with Crippen molar-refractivity contribution in [3.8, 4) is 21.9 Å². The van der Waals surface area contributed by atoms with Gasteiger partial charge >= 0.3 is 0 Å². The van der Waals surface area contributed by atoms with Crippen LogP contribution in [0.4, 0.5) is 0 Å². The van der Waals surface area contributed by atoms with E-state index in [-0.39, 0.29) is 6.04 Å². The average Bonchev–Trinajstić information content (AvgIpc) is 2.77. The van der Waals surface area contributed by atoms with Crippen LogP contribution in [0.3, 0.4) is 0 Å². The lowest BCUT2D eigenvalue weighted by atomic mass is 10.1. The van der Waals surface area contributed by atoms with E-state index >= 15 is 0 Å². The molecule has 2 N–H and O–H groups in total. The molecule has 0 aliphatic heterocycles. The number of rotatable bonds is 5.